The van der Waals surface area contributed by atoms with Gasteiger partial charge in [-0.15, -0.1) is 11.3 Å². The summed E-state index contributed by atoms with van der Waals surface area (Å²) in [7, 11) is 0. The predicted molar refractivity (Wildman–Crippen MR) is 81.2 cm³/mol. The lowest BCUT2D eigenvalue weighted by Gasteiger charge is -2.06. The molecule has 1 amide bonds. The number of aryl methyl sites for hydroxylation is 2. The van der Waals surface area contributed by atoms with Crippen molar-refractivity contribution in [3.63, 3.8) is 0 Å². The number of carboxylic acid groups (broad SMARTS) is 1. The van der Waals surface area contributed by atoms with Crippen molar-refractivity contribution < 1.29 is 14.7 Å². The van der Waals surface area contributed by atoms with E-state index in [2.05, 4.69) is 10.3 Å². The largest absolute Gasteiger partial charge is 0.477 e. The molecule has 1 heterocycles. The van der Waals surface area contributed by atoms with Gasteiger partial charge in [0.2, 0.25) is 0 Å². The first kappa shape index (κ1) is 15.5. The lowest BCUT2D eigenvalue weighted by atomic mass is 10.1. The molecule has 7 heteroatoms. The summed E-state index contributed by atoms with van der Waals surface area (Å²) < 4.78 is 0. The molecule has 0 aliphatic carbocycles. The van der Waals surface area contributed by atoms with Crippen molar-refractivity contribution in [1.29, 1.82) is 0 Å². The van der Waals surface area contributed by atoms with Gasteiger partial charge in [0.25, 0.3) is 5.91 Å². The fourth-order valence-corrected chi connectivity index (χ4v) is 2.93. The van der Waals surface area contributed by atoms with E-state index >= 15 is 0 Å². The van der Waals surface area contributed by atoms with Crippen LogP contribution in [0.25, 0.3) is 0 Å². The zero-order valence-electron chi connectivity index (χ0n) is 11.4. The highest BCUT2D eigenvalue weighted by molar-refractivity contribution is 7.13. The zero-order chi connectivity index (χ0) is 15.6. The Morgan fingerprint density at radius 3 is 2.67 bits per heavy atom. The number of halogens is 1. The number of benzene rings is 1. The molecule has 0 unspecified atom stereocenters. The van der Waals surface area contributed by atoms with Gasteiger partial charge in [0.1, 0.15) is 9.88 Å². The number of amides is 1. The number of hydrogen-bond acceptors (Lipinski definition) is 4. The third-order valence-corrected chi connectivity index (χ3v) is 4.25. The van der Waals surface area contributed by atoms with Crippen LogP contribution in [0.5, 0.6) is 0 Å². The first-order valence-electron chi connectivity index (χ1n) is 6.12. The number of aromatic nitrogens is 1. The van der Waals surface area contributed by atoms with Crippen molar-refractivity contribution in [2.45, 2.75) is 20.4 Å². The minimum absolute atomic E-state index is 0.194. The molecule has 0 radical (unpaired) electrons. The Morgan fingerprint density at radius 1 is 1.38 bits per heavy atom. The van der Waals surface area contributed by atoms with Crippen LogP contribution in [0.4, 0.5) is 0 Å². The summed E-state index contributed by atoms with van der Waals surface area (Å²) in [5, 5.41) is 12.8. The molecule has 1 aromatic heterocycles. The molecule has 2 N–H and O–H groups in total. The van der Waals surface area contributed by atoms with E-state index < -0.39 is 5.97 Å². The number of rotatable bonds is 4. The number of thiazole rings is 1. The van der Waals surface area contributed by atoms with Crippen LogP contribution in [0, 0.1) is 13.8 Å². The molecular weight excluding hydrogens is 312 g/mol. The molecule has 0 atom stereocenters. The maximum absolute atomic E-state index is 12.1. The Balaban J connectivity index is 2.07. The van der Waals surface area contributed by atoms with Gasteiger partial charge in [0.15, 0.2) is 0 Å². The lowest BCUT2D eigenvalue weighted by Crippen LogP contribution is -2.23. The molecule has 5 nitrogen and oxygen atoms in total. The second-order valence-electron chi connectivity index (χ2n) is 4.47. The topological polar surface area (TPSA) is 79.3 Å². The van der Waals surface area contributed by atoms with E-state index in [1.165, 1.54) is 0 Å². The third kappa shape index (κ3) is 3.59. The van der Waals surface area contributed by atoms with Gasteiger partial charge >= 0.3 is 5.97 Å². The van der Waals surface area contributed by atoms with Crippen LogP contribution >= 0.6 is 22.9 Å². The zero-order valence-corrected chi connectivity index (χ0v) is 13.0. The van der Waals surface area contributed by atoms with Gasteiger partial charge in [-0.1, -0.05) is 11.6 Å². The van der Waals surface area contributed by atoms with Crippen molar-refractivity contribution in [2.24, 2.45) is 0 Å². The van der Waals surface area contributed by atoms with E-state index in [9.17, 15) is 9.59 Å². The molecule has 0 saturated carbocycles. The fourth-order valence-electron chi connectivity index (χ4n) is 1.86. The Kier molecular flexibility index (Phi) is 4.59. The highest BCUT2D eigenvalue weighted by atomic mass is 35.5. The van der Waals surface area contributed by atoms with Gasteiger partial charge in [0, 0.05) is 10.6 Å². The standard InChI is InChI=1S/C14H13ClN2O3S/c1-7-5-9(15)3-4-10(7)13(18)16-6-11-17-8(2)12(21-11)14(19)20/h3-5H,6H2,1-2H3,(H,16,18)(H,19,20). The Labute approximate surface area is 130 Å². The van der Waals surface area contributed by atoms with Crippen LogP contribution in [0.15, 0.2) is 18.2 Å². The second kappa shape index (κ2) is 6.24. The van der Waals surface area contributed by atoms with Gasteiger partial charge < -0.3 is 10.4 Å². The average molecular weight is 325 g/mol. The Morgan fingerprint density at radius 2 is 2.10 bits per heavy atom. The molecule has 0 aliphatic rings. The Bertz CT molecular complexity index is 712. The molecule has 0 bridgehead atoms. The minimum atomic E-state index is -1.00. The first-order chi connectivity index (χ1) is 9.88. The summed E-state index contributed by atoms with van der Waals surface area (Å²) in [6.45, 7) is 3.63. The molecule has 110 valence electrons. The maximum Gasteiger partial charge on any atom is 0.347 e. The van der Waals surface area contributed by atoms with Crippen LogP contribution in [0.2, 0.25) is 5.02 Å². The summed E-state index contributed by atoms with van der Waals surface area (Å²) in [6.07, 6.45) is 0. The predicted octanol–water partition coefficient (Wildman–Crippen LogP) is 3.04. The molecule has 2 rings (SSSR count). The molecule has 2 aromatic rings. The van der Waals surface area contributed by atoms with Crippen LogP contribution in [-0.2, 0) is 6.54 Å². The highest BCUT2D eigenvalue weighted by Gasteiger charge is 2.15. The van der Waals surface area contributed by atoms with Gasteiger partial charge in [-0.05, 0) is 37.6 Å². The number of carbonyl (C=O) groups excluding carboxylic acids is 1. The summed E-state index contributed by atoms with van der Waals surface area (Å²) in [6, 6.07) is 5.02. The summed E-state index contributed by atoms with van der Waals surface area (Å²) in [5.74, 6) is -1.25. The van der Waals surface area contributed by atoms with Gasteiger partial charge in [0.05, 0.1) is 12.2 Å². The monoisotopic (exact) mass is 324 g/mol. The van der Waals surface area contributed by atoms with Crippen LogP contribution in [0.3, 0.4) is 0 Å². The third-order valence-electron chi connectivity index (χ3n) is 2.87. The average Bonchev–Trinajstić information content (AvgIpc) is 2.77. The molecular formula is C14H13ClN2O3S. The number of carbonyl (C=O) groups is 2. The number of nitrogens with one attached hydrogen (secondary N) is 1. The van der Waals surface area contributed by atoms with Crippen molar-refractivity contribution in [3.8, 4) is 0 Å². The number of nitrogens with zero attached hydrogens (tertiary/aromatic N) is 1. The summed E-state index contributed by atoms with van der Waals surface area (Å²) in [5.41, 5.74) is 1.77. The quantitative estimate of drug-likeness (QED) is 0.906. The van der Waals surface area contributed by atoms with Gasteiger partial charge in [-0.25, -0.2) is 9.78 Å². The van der Waals surface area contributed by atoms with Gasteiger partial charge in [-0.3, -0.25) is 4.79 Å². The minimum Gasteiger partial charge on any atom is -0.477 e. The number of carboxylic acids is 1. The van der Waals surface area contributed by atoms with E-state index in [0.717, 1.165) is 16.9 Å². The Hall–Kier alpha value is -1.92. The number of aromatic carboxylic acids is 1. The van der Waals surface area contributed by atoms with E-state index in [1.54, 1.807) is 32.0 Å². The summed E-state index contributed by atoms with van der Waals surface area (Å²) >= 11 is 6.91. The van der Waals surface area contributed by atoms with Crippen LogP contribution in [-0.4, -0.2) is 22.0 Å². The molecule has 0 fully saturated rings. The van der Waals surface area contributed by atoms with Crippen molar-refractivity contribution in [2.75, 3.05) is 0 Å². The normalized spacial score (nSPS) is 10.4. The van der Waals surface area contributed by atoms with Gasteiger partial charge in [-0.2, -0.15) is 0 Å². The molecule has 21 heavy (non-hydrogen) atoms. The SMILES string of the molecule is Cc1cc(Cl)ccc1C(=O)NCc1nc(C)c(C(=O)O)s1. The molecule has 0 saturated heterocycles. The molecule has 0 spiro atoms. The first-order valence-corrected chi connectivity index (χ1v) is 7.32. The molecule has 1 aromatic carbocycles. The van der Waals surface area contributed by atoms with E-state index in [4.69, 9.17) is 16.7 Å². The van der Waals surface area contributed by atoms with Crippen LogP contribution in [0.1, 0.15) is 36.3 Å². The van der Waals surface area contributed by atoms with E-state index in [0.29, 0.717) is 21.3 Å². The van der Waals surface area contributed by atoms with E-state index in [1.807, 2.05) is 0 Å². The smallest absolute Gasteiger partial charge is 0.347 e. The highest BCUT2D eigenvalue weighted by Crippen LogP contribution is 2.18. The van der Waals surface area contributed by atoms with E-state index in [-0.39, 0.29) is 17.3 Å². The van der Waals surface area contributed by atoms with Crippen molar-refractivity contribution >= 4 is 34.8 Å². The number of hydrogen-bond donors (Lipinski definition) is 2. The maximum atomic E-state index is 12.1. The van der Waals surface area contributed by atoms with Crippen molar-refractivity contribution in [3.05, 3.63) is 49.9 Å². The second-order valence-corrected chi connectivity index (χ2v) is 5.99. The van der Waals surface area contributed by atoms with Crippen molar-refractivity contribution in [1.82, 2.24) is 10.3 Å². The molecule has 0 aliphatic heterocycles. The van der Waals surface area contributed by atoms with Crippen LogP contribution < -0.4 is 5.32 Å². The lowest BCUT2D eigenvalue weighted by molar-refractivity contribution is 0.0701. The fraction of sp³-hybridized carbons (Fsp3) is 0.214. The summed E-state index contributed by atoms with van der Waals surface area (Å²) in [4.78, 5) is 27.4.